The van der Waals surface area contributed by atoms with Crippen LogP contribution in [0.15, 0.2) is 12.1 Å². The first kappa shape index (κ1) is 20.6. The van der Waals surface area contributed by atoms with Crippen molar-refractivity contribution < 1.29 is 28.2 Å². The summed E-state index contributed by atoms with van der Waals surface area (Å²) in [4.78, 5) is 14.2. The lowest BCUT2D eigenvalue weighted by molar-refractivity contribution is -0.149. The van der Waals surface area contributed by atoms with E-state index in [0.29, 0.717) is 12.0 Å². The average Bonchev–Trinajstić information content (AvgIpc) is 2.96. The first-order valence-corrected chi connectivity index (χ1v) is 6.99. The molecule has 1 aromatic carbocycles. The molecule has 0 aliphatic heterocycles. The van der Waals surface area contributed by atoms with E-state index in [9.17, 15) is 28.2 Å². The number of phenolic OH excluding ortho intramolecular Hbond substituents is 2. The number of aromatic nitrogens is 3. The first-order chi connectivity index (χ1) is 11.1. The summed E-state index contributed by atoms with van der Waals surface area (Å²) < 4.78 is 37.4. The summed E-state index contributed by atoms with van der Waals surface area (Å²) >= 11 is 0. The minimum Gasteiger partial charge on any atom is -0.508 e. The lowest BCUT2D eigenvalue weighted by Gasteiger charge is -2.15. The third-order valence-electron chi connectivity index (χ3n) is 3.37. The smallest absolute Gasteiger partial charge is 0.408 e. The number of halogens is 4. The van der Waals surface area contributed by atoms with E-state index in [2.05, 4.69) is 15.2 Å². The second-order valence-corrected chi connectivity index (χ2v) is 5.11. The largest absolute Gasteiger partial charge is 0.508 e. The normalized spacial score (nSPS) is 12.4. The van der Waals surface area contributed by atoms with E-state index in [1.165, 1.54) is 6.07 Å². The lowest BCUT2D eigenvalue weighted by atomic mass is 10.1. The Morgan fingerprint density at radius 2 is 1.92 bits per heavy atom. The van der Waals surface area contributed by atoms with Crippen molar-refractivity contribution in [2.24, 2.45) is 0 Å². The molecule has 1 aromatic heterocycles. The number of aryl methyl sites for hydroxylation is 1. The van der Waals surface area contributed by atoms with Gasteiger partial charge in [0.1, 0.15) is 17.5 Å². The number of carbonyl (C=O) groups is 1. The van der Waals surface area contributed by atoms with Crippen LogP contribution in [0.2, 0.25) is 0 Å². The van der Waals surface area contributed by atoms with Gasteiger partial charge in [0.15, 0.2) is 5.82 Å². The highest BCUT2D eigenvalue weighted by atomic mass is 35.5. The van der Waals surface area contributed by atoms with Crippen molar-refractivity contribution in [1.82, 2.24) is 20.5 Å². The van der Waals surface area contributed by atoms with Gasteiger partial charge in [-0.15, -0.1) is 22.6 Å². The summed E-state index contributed by atoms with van der Waals surface area (Å²) in [6.45, 7) is 2.59. The summed E-state index contributed by atoms with van der Waals surface area (Å²) in [5.74, 6) is -1.92. The molecule has 0 saturated carbocycles. The van der Waals surface area contributed by atoms with Crippen molar-refractivity contribution in [3.8, 4) is 22.9 Å². The van der Waals surface area contributed by atoms with Gasteiger partial charge in [0.2, 0.25) is 5.82 Å². The Bertz CT molecular complexity index is 764. The number of phenols is 2. The fourth-order valence-corrected chi connectivity index (χ4v) is 1.93. The number of carbonyl (C=O) groups excluding carboxylic acids is 1. The van der Waals surface area contributed by atoms with Crippen molar-refractivity contribution in [3.05, 3.63) is 23.5 Å². The zero-order chi connectivity index (χ0) is 18.1. The van der Waals surface area contributed by atoms with Gasteiger partial charge in [-0.2, -0.15) is 13.2 Å². The summed E-state index contributed by atoms with van der Waals surface area (Å²) in [5, 5.41) is 28.4. The molecule has 1 unspecified atom stereocenters. The van der Waals surface area contributed by atoms with Crippen LogP contribution in [0.25, 0.3) is 11.4 Å². The van der Waals surface area contributed by atoms with Crippen LogP contribution in [0.3, 0.4) is 0 Å². The van der Waals surface area contributed by atoms with Crippen molar-refractivity contribution in [2.75, 3.05) is 0 Å². The molecule has 2 aromatic rings. The van der Waals surface area contributed by atoms with Gasteiger partial charge in [-0.05, 0) is 25.0 Å². The Balaban J connectivity index is 0.00000312. The quantitative estimate of drug-likeness (QED) is 0.651. The molecule has 25 heavy (non-hydrogen) atoms. The molecule has 7 nitrogen and oxygen atoms in total. The molecular formula is C14H16ClF3N4O3. The SMILES string of the molecule is CCc1cc(-c2nnc(C(=O)NC(C)C(F)(F)F)[nH]2)c(O)cc1O.Cl. The van der Waals surface area contributed by atoms with E-state index in [-0.39, 0.29) is 35.3 Å². The van der Waals surface area contributed by atoms with Crippen LogP contribution < -0.4 is 5.32 Å². The molecule has 2 rings (SSSR count). The minimum atomic E-state index is -4.58. The monoisotopic (exact) mass is 380 g/mol. The third-order valence-corrected chi connectivity index (χ3v) is 3.37. The Morgan fingerprint density at radius 3 is 2.48 bits per heavy atom. The highest BCUT2D eigenvalue weighted by Crippen LogP contribution is 2.33. The van der Waals surface area contributed by atoms with Crippen molar-refractivity contribution in [3.63, 3.8) is 0 Å². The number of hydrogen-bond donors (Lipinski definition) is 4. The molecule has 0 aliphatic rings. The molecule has 0 saturated heterocycles. The maximum absolute atomic E-state index is 12.5. The molecular weight excluding hydrogens is 365 g/mol. The van der Waals surface area contributed by atoms with Crippen LogP contribution in [0.5, 0.6) is 11.5 Å². The second-order valence-electron chi connectivity index (χ2n) is 5.11. The molecule has 11 heteroatoms. The number of hydrogen-bond acceptors (Lipinski definition) is 5. The number of rotatable bonds is 4. The molecule has 1 atom stereocenters. The molecule has 138 valence electrons. The fraction of sp³-hybridized carbons (Fsp3) is 0.357. The van der Waals surface area contributed by atoms with Crippen LogP contribution in [-0.4, -0.2) is 43.5 Å². The van der Waals surface area contributed by atoms with Crippen LogP contribution >= 0.6 is 12.4 Å². The van der Waals surface area contributed by atoms with Crippen LogP contribution in [0, 0.1) is 0 Å². The standard InChI is InChI=1S/C14H15F3N4O3.ClH/c1-3-7-4-8(10(23)5-9(7)22)11-19-12(21-20-11)13(24)18-6(2)14(15,16)17;/h4-6,22-23H,3H2,1-2H3,(H,18,24)(H,19,20,21);1H. The first-order valence-electron chi connectivity index (χ1n) is 6.99. The number of H-pyrrole nitrogens is 1. The van der Waals surface area contributed by atoms with E-state index in [1.54, 1.807) is 12.2 Å². The average molecular weight is 381 g/mol. The van der Waals surface area contributed by atoms with Gasteiger partial charge in [-0.3, -0.25) is 4.79 Å². The van der Waals surface area contributed by atoms with Gasteiger partial charge < -0.3 is 20.5 Å². The fourth-order valence-electron chi connectivity index (χ4n) is 1.93. The molecule has 0 fully saturated rings. The zero-order valence-corrected chi connectivity index (χ0v) is 14.0. The molecule has 4 N–H and O–H groups in total. The minimum absolute atomic E-state index is 0. The zero-order valence-electron chi connectivity index (χ0n) is 13.2. The molecule has 0 spiro atoms. The molecule has 0 bridgehead atoms. The Morgan fingerprint density at radius 1 is 1.28 bits per heavy atom. The number of aromatic amines is 1. The summed E-state index contributed by atoms with van der Waals surface area (Å²) in [7, 11) is 0. The number of aromatic hydroxyl groups is 2. The number of benzene rings is 1. The maximum atomic E-state index is 12.5. The van der Waals surface area contributed by atoms with Gasteiger partial charge in [-0.25, -0.2) is 0 Å². The Labute approximate surface area is 146 Å². The highest BCUT2D eigenvalue weighted by molar-refractivity contribution is 5.91. The Hall–Kier alpha value is -2.49. The molecule has 1 amide bonds. The highest BCUT2D eigenvalue weighted by Gasteiger charge is 2.37. The summed E-state index contributed by atoms with van der Waals surface area (Å²) in [6.07, 6.45) is -4.10. The van der Waals surface area contributed by atoms with Crippen molar-refractivity contribution >= 4 is 18.3 Å². The summed E-state index contributed by atoms with van der Waals surface area (Å²) in [6, 6.07) is 0.514. The number of alkyl halides is 3. The predicted molar refractivity (Wildman–Crippen MR) is 84.8 cm³/mol. The van der Waals surface area contributed by atoms with Crippen LogP contribution in [0.4, 0.5) is 13.2 Å². The number of amides is 1. The van der Waals surface area contributed by atoms with Crippen LogP contribution in [0.1, 0.15) is 30.0 Å². The molecule has 0 radical (unpaired) electrons. The number of nitrogens with zero attached hydrogens (tertiary/aromatic N) is 2. The topological polar surface area (TPSA) is 111 Å². The molecule has 1 heterocycles. The summed E-state index contributed by atoms with van der Waals surface area (Å²) in [5.41, 5.74) is 0.691. The van der Waals surface area contributed by atoms with E-state index < -0.39 is 23.9 Å². The van der Waals surface area contributed by atoms with Gasteiger partial charge in [0.05, 0.1) is 5.56 Å². The lowest BCUT2D eigenvalue weighted by Crippen LogP contribution is -2.43. The third kappa shape index (κ3) is 4.53. The molecule has 0 aliphatic carbocycles. The van der Waals surface area contributed by atoms with Gasteiger partial charge in [-0.1, -0.05) is 6.92 Å². The maximum Gasteiger partial charge on any atom is 0.408 e. The Kier molecular flexibility index (Phi) is 6.25. The van der Waals surface area contributed by atoms with Crippen molar-refractivity contribution in [2.45, 2.75) is 32.5 Å². The van der Waals surface area contributed by atoms with E-state index >= 15 is 0 Å². The number of nitrogens with one attached hydrogen (secondary N) is 2. The predicted octanol–water partition coefficient (Wildman–Crippen LogP) is 2.55. The van der Waals surface area contributed by atoms with E-state index in [4.69, 9.17) is 0 Å². The second kappa shape index (κ2) is 7.60. The van der Waals surface area contributed by atoms with E-state index in [1.807, 2.05) is 0 Å². The van der Waals surface area contributed by atoms with Gasteiger partial charge in [0, 0.05) is 6.07 Å². The van der Waals surface area contributed by atoms with Crippen molar-refractivity contribution in [1.29, 1.82) is 0 Å². The van der Waals surface area contributed by atoms with E-state index in [0.717, 1.165) is 13.0 Å². The van der Waals surface area contributed by atoms with Gasteiger partial charge in [0.25, 0.3) is 5.91 Å². The van der Waals surface area contributed by atoms with Gasteiger partial charge >= 0.3 is 6.18 Å². The van der Waals surface area contributed by atoms with Crippen LogP contribution in [-0.2, 0) is 6.42 Å².